The Hall–Kier alpha value is -2.54. The zero-order valence-corrected chi connectivity index (χ0v) is 14.6. The number of nitrogens with zero attached hydrogens (tertiary/aromatic N) is 3. The molecule has 7 heteroatoms. The van der Waals surface area contributed by atoms with Gasteiger partial charge in [-0.05, 0) is 25.5 Å². The summed E-state index contributed by atoms with van der Waals surface area (Å²) in [4.78, 5) is 29.6. The lowest BCUT2D eigenvalue weighted by Crippen LogP contribution is -2.23. The highest BCUT2D eigenvalue weighted by Gasteiger charge is 2.15. The van der Waals surface area contributed by atoms with Crippen LogP contribution in [0.2, 0.25) is 0 Å². The van der Waals surface area contributed by atoms with Crippen LogP contribution in [0.1, 0.15) is 47.1 Å². The Balaban J connectivity index is 1.94. The molecule has 24 heavy (non-hydrogen) atoms. The fourth-order valence-electron chi connectivity index (χ4n) is 2.24. The van der Waals surface area contributed by atoms with Gasteiger partial charge in [0.1, 0.15) is 10.7 Å². The number of nitrogens with one attached hydrogen (secondary N) is 1. The fraction of sp³-hybridized carbons (Fsp3) is 0.294. The van der Waals surface area contributed by atoms with Gasteiger partial charge in [0, 0.05) is 11.5 Å². The van der Waals surface area contributed by atoms with Crippen molar-refractivity contribution in [1.82, 2.24) is 14.6 Å². The predicted octanol–water partition coefficient (Wildman–Crippen LogP) is 3.23. The summed E-state index contributed by atoms with van der Waals surface area (Å²) in [6.07, 6.45) is 2.33. The van der Waals surface area contributed by atoms with Crippen LogP contribution in [0.5, 0.6) is 0 Å². The molecule has 3 aromatic rings. The lowest BCUT2D eigenvalue weighted by Gasteiger charge is -2.05. The van der Waals surface area contributed by atoms with Crippen molar-refractivity contribution in [3.63, 3.8) is 0 Å². The monoisotopic (exact) mass is 342 g/mol. The van der Waals surface area contributed by atoms with E-state index in [1.54, 1.807) is 18.2 Å². The lowest BCUT2D eigenvalue weighted by molar-refractivity contribution is 0.102. The number of aromatic nitrogens is 3. The molecule has 0 radical (unpaired) electrons. The Morgan fingerprint density at radius 3 is 2.92 bits per heavy atom. The maximum Gasteiger partial charge on any atom is 0.298 e. The number of anilines is 1. The van der Waals surface area contributed by atoms with Gasteiger partial charge in [0.05, 0.1) is 6.20 Å². The van der Waals surface area contributed by atoms with Crippen LogP contribution in [0.25, 0.3) is 4.96 Å². The summed E-state index contributed by atoms with van der Waals surface area (Å²) in [5.41, 5.74) is 1.23. The van der Waals surface area contributed by atoms with E-state index in [0.29, 0.717) is 10.5 Å². The molecule has 6 nitrogen and oxygen atoms in total. The van der Waals surface area contributed by atoms with Crippen molar-refractivity contribution in [3.8, 4) is 0 Å². The van der Waals surface area contributed by atoms with Gasteiger partial charge >= 0.3 is 0 Å². The topological polar surface area (TPSA) is 76.4 Å². The van der Waals surface area contributed by atoms with Crippen LogP contribution in [0.4, 0.5) is 5.69 Å². The molecule has 0 aliphatic heterocycles. The Morgan fingerprint density at radius 2 is 2.21 bits per heavy atom. The quantitative estimate of drug-likeness (QED) is 0.790. The Labute approximate surface area is 143 Å². The SMILES string of the molecule is CC[C@@H](C)c1nn2c(=O)c(NC(=O)c3cccc(C)c3)cnc2s1. The Morgan fingerprint density at radius 1 is 1.42 bits per heavy atom. The van der Waals surface area contributed by atoms with Crippen LogP contribution in [-0.2, 0) is 0 Å². The van der Waals surface area contributed by atoms with E-state index in [4.69, 9.17) is 0 Å². The van der Waals surface area contributed by atoms with E-state index in [-0.39, 0.29) is 23.1 Å². The molecule has 0 bridgehead atoms. The van der Waals surface area contributed by atoms with Crippen molar-refractivity contribution in [2.75, 3.05) is 5.32 Å². The average molecular weight is 342 g/mol. The molecular formula is C17H18N4O2S. The van der Waals surface area contributed by atoms with Crippen molar-refractivity contribution in [1.29, 1.82) is 0 Å². The molecule has 124 valence electrons. The van der Waals surface area contributed by atoms with Gasteiger partial charge in [-0.2, -0.15) is 9.61 Å². The highest BCUT2D eigenvalue weighted by atomic mass is 32.1. The van der Waals surface area contributed by atoms with Crippen LogP contribution >= 0.6 is 11.3 Å². The second-order valence-electron chi connectivity index (χ2n) is 5.74. The molecular weight excluding hydrogens is 324 g/mol. The molecule has 0 fully saturated rings. The van der Waals surface area contributed by atoms with Crippen LogP contribution in [0, 0.1) is 6.92 Å². The second kappa shape index (κ2) is 6.52. The van der Waals surface area contributed by atoms with E-state index in [0.717, 1.165) is 17.0 Å². The molecule has 0 unspecified atom stereocenters. The predicted molar refractivity (Wildman–Crippen MR) is 95.0 cm³/mol. The van der Waals surface area contributed by atoms with Crippen molar-refractivity contribution in [2.45, 2.75) is 33.1 Å². The molecule has 0 aliphatic rings. The molecule has 1 amide bonds. The summed E-state index contributed by atoms with van der Waals surface area (Å²) in [6, 6.07) is 7.18. The van der Waals surface area contributed by atoms with Crippen LogP contribution in [0.15, 0.2) is 35.3 Å². The fourth-order valence-corrected chi connectivity index (χ4v) is 3.23. The van der Waals surface area contributed by atoms with E-state index in [2.05, 4.69) is 29.2 Å². The first-order valence-corrected chi connectivity index (χ1v) is 8.58. The maximum absolute atomic E-state index is 12.5. The first-order chi connectivity index (χ1) is 11.5. The van der Waals surface area contributed by atoms with Crippen molar-refractivity contribution in [2.24, 2.45) is 0 Å². The highest BCUT2D eigenvalue weighted by Crippen LogP contribution is 2.23. The third-order valence-corrected chi connectivity index (χ3v) is 5.02. The number of rotatable bonds is 4. The number of carbonyl (C=O) groups excluding carboxylic acids is 1. The van der Waals surface area contributed by atoms with E-state index >= 15 is 0 Å². The van der Waals surface area contributed by atoms with Gasteiger partial charge in [0.25, 0.3) is 11.5 Å². The van der Waals surface area contributed by atoms with Crippen LogP contribution in [-0.4, -0.2) is 20.5 Å². The van der Waals surface area contributed by atoms with Gasteiger partial charge in [0.15, 0.2) is 0 Å². The first-order valence-electron chi connectivity index (χ1n) is 7.76. The van der Waals surface area contributed by atoms with Gasteiger partial charge in [0.2, 0.25) is 4.96 Å². The van der Waals surface area contributed by atoms with E-state index < -0.39 is 0 Å². The second-order valence-corrected chi connectivity index (χ2v) is 6.73. The minimum atomic E-state index is -0.369. The Bertz CT molecular complexity index is 961. The molecule has 1 atom stereocenters. The van der Waals surface area contributed by atoms with E-state index in [1.807, 2.05) is 13.0 Å². The molecule has 0 saturated carbocycles. The summed E-state index contributed by atoms with van der Waals surface area (Å²) in [5, 5.41) is 7.84. The number of amides is 1. The zero-order valence-electron chi connectivity index (χ0n) is 13.7. The number of benzene rings is 1. The largest absolute Gasteiger partial charge is 0.316 e. The Kier molecular flexibility index (Phi) is 4.44. The molecule has 0 spiro atoms. The van der Waals surface area contributed by atoms with Crippen molar-refractivity contribution >= 4 is 27.9 Å². The maximum atomic E-state index is 12.5. The summed E-state index contributed by atoms with van der Waals surface area (Å²) in [7, 11) is 0. The van der Waals surface area contributed by atoms with Gasteiger partial charge < -0.3 is 5.32 Å². The summed E-state index contributed by atoms with van der Waals surface area (Å²) >= 11 is 1.40. The molecule has 2 heterocycles. The molecule has 1 aromatic carbocycles. The third kappa shape index (κ3) is 3.07. The molecule has 0 saturated heterocycles. The minimum absolute atomic E-state index is 0.125. The van der Waals surface area contributed by atoms with Crippen molar-refractivity contribution < 1.29 is 4.79 Å². The molecule has 1 N–H and O–H groups in total. The smallest absolute Gasteiger partial charge is 0.298 e. The number of hydrogen-bond acceptors (Lipinski definition) is 5. The van der Waals surface area contributed by atoms with Crippen molar-refractivity contribution in [3.05, 3.63) is 57.0 Å². The lowest BCUT2D eigenvalue weighted by atomic mass is 10.1. The van der Waals surface area contributed by atoms with Gasteiger partial charge in [-0.3, -0.25) is 9.59 Å². The van der Waals surface area contributed by atoms with Crippen LogP contribution < -0.4 is 10.9 Å². The van der Waals surface area contributed by atoms with Gasteiger partial charge in [-0.1, -0.05) is 42.9 Å². The number of aryl methyl sites for hydroxylation is 1. The highest BCUT2D eigenvalue weighted by molar-refractivity contribution is 7.16. The standard InChI is InChI=1S/C17H18N4O2S/c1-4-11(3)15-20-21-16(23)13(9-18-17(21)24-15)19-14(22)12-7-5-6-10(2)8-12/h5-9,11H,4H2,1-3H3,(H,19,22)/t11-/m1/s1. The first kappa shape index (κ1) is 16.3. The van der Waals surface area contributed by atoms with E-state index in [9.17, 15) is 9.59 Å². The molecule has 0 aliphatic carbocycles. The van der Waals surface area contributed by atoms with Gasteiger partial charge in [-0.15, -0.1) is 0 Å². The number of hydrogen-bond donors (Lipinski definition) is 1. The summed E-state index contributed by atoms with van der Waals surface area (Å²) in [6.45, 7) is 6.04. The summed E-state index contributed by atoms with van der Waals surface area (Å²) in [5.74, 6) is -0.0728. The normalized spacial score (nSPS) is 12.3. The molecule has 3 rings (SSSR count). The number of carbonyl (C=O) groups is 1. The number of fused-ring (bicyclic) bond motifs is 1. The average Bonchev–Trinajstić information content (AvgIpc) is 3.01. The van der Waals surface area contributed by atoms with Crippen LogP contribution in [0.3, 0.4) is 0 Å². The zero-order chi connectivity index (χ0) is 17.3. The summed E-state index contributed by atoms with van der Waals surface area (Å²) < 4.78 is 1.26. The molecule has 2 aromatic heterocycles. The van der Waals surface area contributed by atoms with Gasteiger partial charge in [-0.25, -0.2) is 4.98 Å². The third-order valence-electron chi connectivity index (χ3n) is 3.86. The van der Waals surface area contributed by atoms with E-state index in [1.165, 1.54) is 22.0 Å². The minimum Gasteiger partial charge on any atom is -0.316 e.